The average molecular weight is 290 g/mol. The third-order valence-electron chi connectivity index (χ3n) is 3.76. The van der Waals surface area contributed by atoms with Crippen LogP contribution in [0.5, 0.6) is 11.5 Å². The molecule has 1 fully saturated rings. The van der Waals surface area contributed by atoms with E-state index in [-0.39, 0.29) is 23.9 Å². The Balaban J connectivity index is 1.69. The third-order valence-corrected chi connectivity index (χ3v) is 3.76. The molecule has 1 aromatic rings. The van der Waals surface area contributed by atoms with Gasteiger partial charge in [-0.1, -0.05) is 6.07 Å². The summed E-state index contributed by atoms with van der Waals surface area (Å²) in [6.45, 7) is 3.09. The van der Waals surface area contributed by atoms with Gasteiger partial charge in [-0.2, -0.15) is 0 Å². The zero-order chi connectivity index (χ0) is 14.8. The minimum Gasteiger partial charge on any atom is -0.486 e. The molecule has 2 aliphatic rings. The number of ether oxygens (including phenoxy) is 2. The van der Waals surface area contributed by atoms with Crippen molar-refractivity contribution in [2.24, 2.45) is 0 Å². The number of imide groups is 1. The molecule has 0 aromatic heterocycles. The van der Waals surface area contributed by atoms with Crippen LogP contribution in [0.4, 0.5) is 0 Å². The Labute approximate surface area is 122 Å². The van der Waals surface area contributed by atoms with Gasteiger partial charge in [0.15, 0.2) is 11.5 Å². The van der Waals surface area contributed by atoms with Crippen molar-refractivity contribution in [3.8, 4) is 11.5 Å². The summed E-state index contributed by atoms with van der Waals surface area (Å²) < 4.78 is 11.1. The number of rotatable bonds is 3. The molecule has 0 spiro atoms. The van der Waals surface area contributed by atoms with Gasteiger partial charge >= 0.3 is 0 Å². The SMILES string of the molecule is CC(NC1CCC(=O)NC1=O)c1ccc2c(c1)OCCO2. The van der Waals surface area contributed by atoms with E-state index in [1.54, 1.807) is 0 Å². The molecular formula is C15H18N2O4. The largest absolute Gasteiger partial charge is 0.486 e. The van der Waals surface area contributed by atoms with E-state index in [1.807, 2.05) is 25.1 Å². The number of fused-ring (bicyclic) bond motifs is 1. The maximum atomic E-state index is 11.8. The molecule has 1 aromatic carbocycles. The van der Waals surface area contributed by atoms with E-state index < -0.39 is 0 Å². The van der Waals surface area contributed by atoms with Gasteiger partial charge in [-0.15, -0.1) is 0 Å². The molecule has 2 atom stereocenters. The van der Waals surface area contributed by atoms with Crippen molar-refractivity contribution in [3.63, 3.8) is 0 Å². The minimum absolute atomic E-state index is 0.0234. The minimum atomic E-state index is -0.342. The molecule has 2 amide bonds. The first-order valence-corrected chi connectivity index (χ1v) is 7.13. The Kier molecular flexibility index (Phi) is 3.79. The van der Waals surface area contributed by atoms with Gasteiger partial charge in [-0.05, 0) is 31.0 Å². The maximum Gasteiger partial charge on any atom is 0.243 e. The molecule has 6 heteroatoms. The molecule has 112 valence electrons. The molecule has 0 saturated carbocycles. The first-order chi connectivity index (χ1) is 10.1. The van der Waals surface area contributed by atoms with Crippen LogP contribution in [0.15, 0.2) is 18.2 Å². The highest BCUT2D eigenvalue weighted by molar-refractivity contribution is 6.00. The number of carbonyl (C=O) groups excluding carboxylic acids is 2. The van der Waals surface area contributed by atoms with Crippen LogP contribution in [0.1, 0.15) is 31.4 Å². The van der Waals surface area contributed by atoms with Crippen LogP contribution in [0.2, 0.25) is 0 Å². The molecule has 0 aliphatic carbocycles. The van der Waals surface area contributed by atoms with Gasteiger partial charge in [0.2, 0.25) is 11.8 Å². The van der Waals surface area contributed by atoms with Crippen LogP contribution in [-0.2, 0) is 9.59 Å². The number of amides is 2. The molecule has 1 saturated heterocycles. The summed E-state index contributed by atoms with van der Waals surface area (Å²) in [6, 6.07) is 5.40. The van der Waals surface area contributed by atoms with Gasteiger partial charge in [0.25, 0.3) is 0 Å². The first-order valence-electron chi connectivity index (χ1n) is 7.13. The van der Waals surface area contributed by atoms with Crippen molar-refractivity contribution in [1.82, 2.24) is 10.6 Å². The van der Waals surface area contributed by atoms with Crippen molar-refractivity contribution in [1.29, 1.82) is 0 Å². The molecule has 2 N–H and O–H groups in total. The van der Waals surface area contributed by atoms with Crippen molar-refractivity contribution < 1.29 is 19.1 Å². The van der Waals surface area contributed by atoms with E-state index in [1.165, 1.54) is 0 Å². The number of piperidine rings is 1. The highest BCUT2D eigenvalue weighted by Crippen LogP contribution is 2.32. The lowest BCUT2D eigenvalue weighted by Crippen LogP contribution is -2.51. The zero-order valence-electron chi connectivity index (χ0n) is 11.8. The quantitative estimate of drug-likeness (QED) is 0.809. The van der Waals surface area contributed by atoms with Gasteiger partial charge in [-0.3, -0.25) is 20.2 Å². The van der Waals surface area contributed by atoms with Crippen molar-refractivity contribution in [2.45, 2.75) is 31.8 Å². The number of hydrogen-bond donors (Lipinski definition) is 2. The smallest absolute Gasteiger partial charge is 0.243 e. The lowest BCUT2D eigenvalue weighted by Gasteiger charge is -2.26. The van der Waals surface area contributed by atoms with Crippen LogP contribution < -0.4 is 20.1 Å². The number of carbonyl (C=O) groups is 2. The third kappa shape index (κ3) is 3.00. The van der Waals surface area contributed by atoms with E-state index in [4.69, 9.17) is 9.47 Å². The lowest BCUT2D eigenvalue weighted by molar-refractivity contribution is -0.134. The normalized spacial score (nSPS) is 22.6. The first kappa shape index (κ1) is 13.9. The van der Waals surface area contributed by atoms with Crippen molar-refractivity contribution in [2.75, 3.05) is 13.2 Å². The fourth-order valence-electron chi connectivity index (χ4n) is 2.58. The van der Waals surface area contributed by atoms with Gasteiger partial charge in [0.1, 0.15) is 13.2 Å². The van der Waals surface area contributed by atoms with E-state index in [0.29, 0.717) is 26.1 Å². The van der Waals surface area contributed by atoms with E-state index in [0.717, 1.165) is 17.1 Å². The number of hydrogen-bond acceptors (Lipinski definition) is 5. The second-order valence-corrected chi connectivity index (χ2v) is 5.30. The predicted molar refractivity (Wildman–Crippen MR) is 75.2 cm³/mol. The van der Waals surface area contributed by atoms with Crippen LogP contribution in [-0.4, -0.2) is 31.1 Å². The molecule has 0 bridgehead atoms. The van der Waals surface area contributed by atoms with Crippen molar-refractivity contribution >= 4 is 11.8 Å². The summed E-state index contributed by atoms with van der Waals surface area (Å²) in [4.78, 5) is 22.9. The van der Waals surface area contributed by atoms with Gasteiger partial charge in [-0.25, -0.2) is 0 Å². The molecule has 3 rings (SSSR count). The summed E-state index contributed by atoms with van der Waals surface area (Å²) in [5, 5.41) is 5.60. The van der Waals surface area contributed by atoms with Gasteiger partial charge < -0.3 is 9.47 Å². The molecule has 6 nitrogen and oxygen atoms in total. The topological polar surface area (TPSA) is 76.7 Å². The molecule has 21 heavy (non-hydrogen) atoms. The molecule has 2 aliphatic heterocycles. The predicted octanol–water partition coefficient (Wildman–Crippen LogP) is 0.914. The second-order valence-electron chi connectivity index (χ2n) is 5.30. The van der Waals surface area contributed by atoms with Crippen LogP contribution >= 0.6 is 0 Å². The number of benzene rings is 1. The summed E-state index contributed by atoms with van der Waals surface area (Å²) in [5.41, 5.74) is 1.02. The summed E-state index contributed by atoms with van der Waals surface area (Å²) in [6.07, 6.45) is 0.900. The molecule has 2 unspecified atom stereocenters. The zero-order valence-corrected chi connectivity index (χ0v) is 11.8. The maximum absolute atomic E-state index is 11.8. The van der Waals surface area contributed by atoms with Crippen molar-refractivity contribution in [3.05, 3.63) is 23.8 Å². The summed E-state index contributed by atoms with van der Waals surface area (Å²) >= 11 is 0. The fraction of sp³-hybridized carbons (Fsp3) is 0.467. The van der Waals surface area contributed by atoms with Gasteiger partial charge in [0, 0.05) is 12.5 Å². The lowest BCUT2D eigenvalue weighted by atomic mass is 10.0. The Morgan fingerprint density at radius 3 is 2.76 bits per heavy atom. The van der Waals surface area contributed by atoms with Gasteiger partial charge in [0.05, 0.1) is 6.04 Å². The van der Waals surface area contributed by atoms with E-state index >= 15 is 0 Å². The van der Waals surface area contributed by atoms with E-state index in [2.05, 4.69) is 10.6 Å². The highest BCUT2D eigenvalue weighted by Gasteiger charge is 2.28. The van der Waals surface area contributed by atoms with Crippen LogP contribution in [0.3, 0.4) is 0 Å². The standard InChI is InChI=1S/C15H18N2O4/c1-9(16-11-3-5-14(18)17-15(11)19)10-2-4-12-13(8-10)21-7-6-20-12/h2,4,8-9,11,16H,3,5-7H2,1H3,(H,17,18,19). The monoisotopic (exact) mass is 290 g/mol. The Bertz CT molecular complexity index is 573. The summed E-state index contributed by atoms with van der Waals surface area (Å²) in [5.74, 6) is 1.02. The molecule has 0 radical (unpaired) electrons. The number of nitrogens with one attached hydrogen (secondary N) is 2. The fourth-order valence-corrected chi connectivity index (χ4v) is 2.58. The van der Waals surface area contributed by atoms with Crippen LogP contribution in [0.25, 0.3) is 0 Å². The Morgan fingerprint density at radius 2 is 2.00 bits per heavy atom. The molecular weight excluding hydrogens is 272 g/mol. The van der Waals surface area contributed by atoms with E-state index in [9.17, 15) is 9.59 Å². The van der Waals surface area contributed by atoms with Crippen LogP contribution in [0, 0.1) is 0 Å². The second kappa shape index (κ2) is 5.73. The average Bonchev–Trinajstić information content (AvgIpc) is 2.49. The highest BCUT2D eigenvalue weighted by atomic mass is 16.6. The Hall–Kier alpha value is -2.08. The molecule has 2 heterocycles. The summed E-state index contributed by atoms with van der Waals surface area (Å²) in [7, 11) is 0. The Morgan fingerprint density at radius 1 is 1.24 bits per heavy atom.